The van der Waals surface area contributed by atoms with Crippen molar-refractivity contribution in [3.8, 4) is 11.5 Å². The summed E-state index contributed by atoms with van der Waals surface area (Å²) in [4.78, 5) is 8.59. The standard InChI is InChI=1S/2C13H9Br2NO.Co/c2*14-10-6-9(13(17)12(15)7-10)8-16-11-4-2-1-3-5-11;/h2*1-8,17H;. The Bertz CT molecular complexity index is 1220. The predicted octanol–water partition coefficient (Wildman–Crippen LogP) is 9.33. The summed E-state index contributed by atoms with van der Waals surface area (Å²) in [6.45, 7) is 0. The average Bonchev–Trinajstić information content (AvgIpc) is 2.83. The second-order valence-electron chi connectivity index (χ2n) is 6.84. The van der Waals surface area contributed by atoms with E-state index < -0.39 is 0 Å². The summed E-state index contributed by atoms with van der Waals surface area (Å²) in [6, 6.07) is 26.4. The number of halogens is 4. The molecule has 0 aliphatic rings. The van der Waals surface area contributed by atoms with Gasteiger partial charge in [-0.3, -0.25) is 9.98 Å². The number of benzene rings is 4. The van der Waals surface area contributed by atoms with Gasteiger partial charge in [0, 0.05) is 49.3 Å². The fourth-order valence-electron chi connectivity index (χ4n) is 2.68. The first kappa shape index (κ1) is 29.5. The van der Waals surface area contributed by atoms with Gasteiger partial charge in [-0.15, -0.1) is 0 Å². The van der Waals surface area contributed by atoms with Gasteiger partial charge in [-0.25, -0.2) is 0 Å². The van der Waals surface area contributed by atoms with Crippen molar-refractivity contribution < 1.29 is 27.0 Å². The van der Waals surface area contributed by atoms with E-state index in [2.05, 4.69) is 73.7 Å². The quantitative estimate of drug-likeness (QED) is 0.204. The molecule has 0 saturated heterocycles. The molecule has 0 heterocycles. The van der Waals surface area contributed by atoms with E-state index >= 15 is 0 Å². The number of para-hydroxylation sites is 2. The molecular weight excluding hydrogens is 751 g/mol. The van der Waals surface area contributed by atoms with Gasteiger partial charge < -0.3 is 10.2 Å². The van der Waals surface area contributed by atoms with Crippen molar-refractivity contribution in [1.29, 1.82) is 0 Å². The molecule has 4 nitrogen and oxygen atoms in total. The van der Waals surface area contributed by atoms with E-state index in [1.165, 1.54) is 0 Å². The third-order valence-electron chi connectivity index (χ3n) is 4.33. The summed E-state index contributed by atoms with van der Waals surface area (Å²) in [6.07, 6.45) is 3.28. The van der Waals surface area contributed by atoms with E-state index in [-0.39, 0.29) is 28.3 Å². The van der Waals surface area contributed by atoms with Gasteiger partial charge in [-0.2, -0.15) is 0 Å². The van der Waals surface area contributed by atoms with Crippen LogP contribution in [0.1, 0.15) is 11.1 Å². The van der Waals surface area contributed by atoms with Crippen molar-refractivity contribution in [3.05, 3.63) is 114 Å². The summed E-state index contributed by atoms with van der Waals surface area (Å²) in [5, 5.41) is 19.7. The number of hydrogen-bond acceptors (Lipinski definition) is 4. The first-order chi connectivity index (χ1) is 16.3. The van der Waals surface area contributed by atoms with Crippen molar-refractivity contribution in [1.82, 2.24) is 0 Å². The topological polar surface area (TPSA) is 65.2 Å². The monoisotopic (exact) mass is 765 g/mol. The molecule has 0 spiro atoms. The van der Waals surface area contributed by atoms with Crippen molar-refractivity contribution in [2.24, 2.45) is 9.98 Å². The molecule has 0 aliphatic heterocycles. The third-order valence-corrected chi connectivity index (χ3v) is 6.46. The van der Waals surface area contributed by atoms with Gasteiger partial charge in [0.25, 0.3) is 0 Å². The largest absolute Gasteiger partial charge is 0.506 e. The second kappa shape index (κ2) is 14.7. The van der Waals surface area contributed by atoms with Crippen molar-refractivity contribution >= 4 is 87.5 Å². The Labute approximate surface area is 248 Å². The smallest absolute Gasteiger partial charge is 0.138 e. The molecule has 0 unspecified atom stereocenters. The van der Waals surface area contributed by atoms with Crippen LogP contribution in [0.4, 0.5) is 11.4 Å². The van der Waals surface area contributed by atoms with Crippen LogP contribution in [0.2, 0.25) is 0 Å². The molecule has 4 rings (SSSR count). The van der Waals surface area contributed by atoms with Gasteiger partial charge in [0.05, 0.1) is 20.3 Å². The van der Waals surface area contributed by atoms with Gasteiger partial charge in [0.15, 0.2) is 0 Å². The van der Waals surface area contributed by atoms with Gasteiger partial charge in [0.2, 0.25) is 0 Å². The van der Waals surface area contributed by atoms with Crippen LogP contribution in [0, 0.1) is 0 Å². The zero-order chi connectivity index (χ0) is 24.5. The SMILES string of the molecule is Oc1c(Br)cc(Br)cc1C=Nc1ccccc1.Oc1c(Br)cc(Br)cc1C=Nc1ccccc1.[Co]. The van der Waals surface area contributed by atoms with Gasteiger partial charge in [-0.05, 0) is 80.4 Å². The summed E-state index contributed by atoms with van der Waals surface area (Å²) in [5.74, 6) is 0.376. The minimum Gasteiger partial charge on any atom is -0.506 e. The number of phenols is 2. The molecule has 0 aliphatic carbocycles. The first-order valence-corrected chi connectivity index (χ1v) is 13.0. The van der Waals surface area contributed by atoms with Gasteiger partial charge in [-0.1, -0.05) is 68.3 Å². The van der Waals surface area contributed by atoms with Crippen LogP contribution in [0.15, 0.2) is 113 Å². The van der Waals surface area contributed by atoms with E-state index in [1.807, 2.05) is 72.8 Å². The molecule has 4 aromatic carbocycles. The maximum atomic E-state index is 9.84. The minimum absolute atomic E-state index is 0. The molecule has 0 bridgehead atoms. The number of nitrogens with zero attached hydrogens (tertiary/aromatic N) is 2. The van der Waals surface area contributed by atoms with E-state index in [4.69, 9.17) is 0 Å². The number of rotatable bonds is 4. The minimum atomic E-state index is 0. The zero-order valence-electron chi connectivity index (χ0n) is 17.9. The van der Waals surface area contributed by atoms with Crippen molar-refractivity contribution in [2.45, 2.75) is 0 Å². The number of phenolic OH excluding ortho intramolecular Hbond substituents is 2. The molecular formula is C26H18Br4CoN2O2. The number of hydrogen-bond donors (Lipinski definition) is 2. The molecule has 2 N–H and O–H groups in total. The number of aliphatic imine (C=N–C) groups is 2. The molecule has 0 aromatic heterocycles. The van der Waals surface area contributed by atoms with Crippen molar-refractivity contribution in [2.75, 3.05) is 0 Å². The second-order valence-corrected chi connectivity index (χ2v) is 10.4. The zero-order valence-corrected chi connectivity index (χ0v) is 25.3. The summed E-state index contributed by atoms with van der Waals surface area (Å²) in [5.41, 5.74) is 3.02. The van der Waals surface area contributed by atoms with Crippen LogP contribution in [0.25, 0.3) is 0 Å². The molecule has 181 valence electrons. The molecule has 1 radical (unpaired) electrons. The van der Waals surface area contributed by atoms with Crippen LogP contribution in [0.5, 0.6) is 11.5 Å². The van der Waals surface area contributed by atoms with Gasteiger partial charge >= 0.3 is 0 Å². The molecule has 4 aromatic rings. The molecule has 0 amide bonds. The van der Waals surface area contributed by atoms with E-state index in [9.17, 15) is 10.2 Å². The molecule has 0 saturated carbocycles. The Morgan fingerprint density at radius 2 is 0.886 bits per heavy atom. The molecule has 35 heavy (non-hydrogen) atoms. The average molecular weight is 769 g/mol. The van der Waals surface area contributed by atoms with Crippen LogP contribution in [-0.2, 0) is 16.8 Å². The third kappa shape index (κ3) is 9.32. The summed E-state index contributed by atoms with van der Waals surface area (Å²) in [7, 11) is 0. The Balaban J connectivity index is 0.000000240. The van der Waals surface area contributed by atoms with Crippen LogP contribution in [-0.4, -0.2) is 22.6 Å². The Hall–Kier alpha value is -1.75. The van der Waals surface area contributed by atoms with E-state index in [0.29, 0.717) is 20.1 Å². The van der Waals surface area contributed by atoms with Crippen LogP contribution < -0.4 is 0 Å². The predicted molar refractivity (Wildman–Crippen MR) is 154 cm³/mol. The number of aromatic hydroxyl groups is 2. The maximum absolute atomic E-state index is 9.84. The normalized spacial score (nSPS) is 10.6. The fraction of sp³-hybridized carbons (Fsp3) is 0. The van der Waals surface area contributed by atoms with E-state index in [0.717, 1.165) is 20.3 Å². The Morgan fingerprint density at radius 1 is 0.543 bits per heavy atom. The maximum Gasteiger partial charge on any atom is 0.138 e. The van der Waals surface area contributed by atoms with Crippen molar-refractivity contribution in [3.63, 3.8) is 0 Å². The fourth-order valence-corrected chi connectivity index (χ4v) is 5.20. The Morgan fingerprint density at radius 3 is 1.23 bits per heavy atom. The molecule has 9 heteroatoms. The van der Waals surface area contributed by atoms with Crippen LogP contribution in [0.3, 0.4) is 0 Å². The Kier molecular flexibility index (Phi) is 12.4. The summed E-state index contributed by atoms with van der Waals surface area (Å²) >= 11 is 13.3. The molecule has 0 fully saturated rings. The van der Waals surface area contributed by atoms with Gasteiger partial charge in [0.1, 0.15) is 11.5 Å². The summed E-state index contributed by atoms with van der Waals surface area (Å²) < 4.78 is 3.05. The first-order valence-electron chi connectivity index (χ1n) is 9.87. The van der Waals surface area contributed by atoms with E-state index in [1.54, 1.807) is 24.6 Å². The molecule has 0 atom stereocenters. The van der Waals surface area contributed by atoms with Crippen LogP contribution >= 0.6 is 63.7 Å².